The van der Waals surface area contributed by atoms with Gasteiger partial charge >= 0.3 is 0 Å². The van der Waals surface area contributed by atoms with Crippen LogP contribution in [0.3, 0.4) is 0 Å². The number of rotatable bonds is 2. The molecular weight excluding hydrogens is 326 g/mol. The van der Waals surface area contributed by atoms with Crippen molar-refractivity contribution in [2.45, 2.75) is 25.0 Å². The van der Waals surface area contributed by atoms with Gasteiger partial charge in [-0.3, -0.25) is 4.79 Å². The molecule has 3 N–H and O–H groups in total. The van der Waals surface area contributed by atoms with E-state index < -0.39 is 12.0 Å². The van der Waals surface area contributed by atoms with Gasteiger partial charge in [-0.25, -0.2) is 4.98 Å². The van der Waals surface area contributed by atoms with Gasteiger partial charge in [-0.1, -0.05) is 30.3 Å². The summed E-state index contributed by atoms with van der Waals surface area (Å²) in [7, 11) is 0. The Morgan fingerprint density at radius 2 is 2.04 bits per heavy atom. The van der Waals surface area contributed by atoms with Crippen LogP contribution in [0, 0.1) is 5.92 Å². The van der Waals surface area contributed by atoms with Crippen LogP contribution in [0.25, 0.3) is 11.3 Å². The molecule has 0 spiro atoms. The molecule has 1 amide bonds. The molecule has 5 heteroatoms. The summed E-state index contributed by atoms with van der Waals surface area (Å²) in [5.74, 6) is -0.379. The molecule has 3 aromatic rings. The predicted molar refractivity (Wildman–Crippen MR) is 97.5 cm³/mol. The normalized spacial score (nSPS) is 23.2. The molecule has 1 aliphatic carbocycles. The molecule has 1 aliphatic heterocycles. The Bertz CT molecular complexity index is 1020. The van der Waals surface area contributed by atoms with E-state index in [1.54, 1.807) is 6.07 Å². The number of carbonyl (C=O) groups is 1. The Balaban J connectivity index is 1.57. The van der Waals surface area contributed by atoms with Gasteiger partial charge in [0, 0.05) is 17.0 Å². The Kier molecular flexibility index (Phi) is 3.27. The number of imidazole rings is 1. The Morgan fingerprint density at radius 1 is 1.19 bits per heavy atom. The van der Waals surface area contributed by atoms with Crippen molar-refractivity contribution in [2.24, 2.45) is 11.7 Å². The van der Waals surface area contributed by atoms with Gasteiger partial charge in [0.05, 0.1) is 30.4 Å². The zero-order valence-corrected chi connectivity index (χ0v) is 14.2. The predicted octanol–water partition coefficient (Wildman–Crippen LogP) is 2.85. The number of fused-ring (bicyclic) bond motifs is 4. The first-order valence-corrected chi connectivity index (χ1v) is 8.87. The number of primary amides is 1. The van der Waals surface area contributed by atoms with E-state index in [2.05, 4.69) is 21.7 Å². The molecule has 2 heterocycles. The summed E-state index contributed by atoms with van der Waals surface area (Å²) in [4.78, 5) is 15.8. The zero-order chi connectivity index (χ0) is 17.8. The van der Waals surface area contributed by atoms with Crippen molar-refractivity contribution in [3.8, 4) is 11.3 Å². The van der Waals surface area contributed by atoms with Crippen LogP contribution in [0.15, 0.2) is 55.0 Å². The fourth-order valence-corrected chi connectivity index (χ4v) is 4.62. The van der Waals surface area contributed by atoms with Gasteiger partial charge in [-0.2, -0.15) is 0 Å². The van der Waals surface area contributed by atoms with Gasteiger partial charge in [-0.15, -0.1) is 0 Å². The summed E-state index contributed by atoms with van der Waals surface area (Å²) in [6.07, 6.45) is 4.82. The summed E-state index contributed by atoms with van der Waals surface area (Å²) in [6, 6.07) is 13.8. The lowest BCUT2D eigenvalue weighted by Crippen LogP contribution is -2.29. The second-order valence-electron chi connectivity index (χ2n) is 7.14. The van der Waals surface area contributed by atoms with Crippen molar-refractivity contribution in [3.63, 3.8) is 0 Å². The maximum Gasteiger partial charge on any atom is 0.248 e. The van der Waals surface area contributed by atoms with Gasteiger partial charge in [0.15, 0.2) is 0 Å². The number of aromatic nitrogens is 2. The van der Waals surface area contributed by atoms with Crippen LogP contribution in [-0.2, 0) is 6.42 Å². The van der Waals surface area contributed by atoms with E-state index in [9.17, 15) is 9.90 Å². The van der Waals surface area contributed by atoms with Gasteiger partial charge in [0.1, 0.15) is 0 Å². The van der Waals surface area contributed by atoms with Crippen molar-refractivity contribution in [2.75, 3.05) is 0 Å². The molecule has 5 nitrogen and oxygen atoms in total. The first-order valence-electron chi connectivity index (χ1n) is 8.87. The molecule has 0 bridgehead atoms. The van der Waals surface area contributed by atoms with E-state index in [4.69, 9.17) is 5.73 Å². The quantitative estimate of drug-likeness (QED) is 0.749. The standard InChI is InChI=1S/C21H19N3O2/c22-21(26)13-6-7-14-12(9-13)5-8-17(20(14)25)19-16-4-2-1-3-15(16)18-10-23-11-24(18)19/h1-4,6-7,9-11,17,19-20,25H,5,8H2,(H2,22,26)/t17-,19+,20-/m1/s1. The van der Waals surface area contributed by atoms with E-state index >= 15 is 0 Å². The number of amides is 1. The highest BCUT2D eigenvalue weighted by atomic mass is 16.3. The van der Waals surface area contributed by atoms with E-state index in [0.29, 0.717) is 5.56 Å². The highest BCUT2D eigenvalue weighted by Crippen LogP contribution is 2.49. The van der Waals surface area contributed by atoms with E-state index in [0.717, 1.165) is 29.7 Å². The number of nitrogens with two attached hydrogens (primary N) is 1. The molecule has 3 atom stereocenters. The lowest BCUT2D eigenvalue weighted by molar-refractivity contribution is 0.0719. The average molecular weight is 345 g/mol. The van der Waals surface area contributed by atoms with Crippen molar-refractivity contribution in [3.05, 3.63) is 77.2 Å². The summed E-state index contributed by atoms with van der Waals surface area (Å²) in [6.45, 7) is 0. The van der Waals surface area contributed by atoms with Crippen molar-refractivity contribution in [1.29, 1.82) is 0 Å². The number of aliphatic hydroxyl groups excluding tert-OH is 1. The number of benzene rings is 2. The summed E-state index contributed by atoms with van der Waals surface area (Å²) >= 11 is 0. The van der Waals surface area contributed by atoms with Gasteiger partial charge in [0.2, 0.25) is 5.91 Å². The highest BCUT2D eigenvalue weighted by Gasteiger charge is 2.40. The van der Waals surface area contributed by atoms with Gasteiger partial charge in [0.25, 0.3) is 0 Å². The molecule has 2 aliphatic rings. The molecule has 26 heavy (non-hydrogen) atoms. The SMILES string of the molecule is NC(=O)c1ccc2c(c1)CC[C@H]([C@@H]1c3ccccc3-c3cncn31)[C@@H]2O. The molecule has 130 valence electrons. The number of hydrogen-bond donors (Lipinski definition) is 2. The maximum absolute atomic E-state index is 11.4. The summed E-state index contributed by atoms with van der Waals surface area (Å²) < 4.78 is 2.18. The van der Waals surface area contributed by atoms with E-state index in [-0.39, 0.29) is 12.0 Å². The lowest BCUT2D eigenvalue weighted by Gasteiger charge is -2.35. The van der Waals surface area contributed by atoms with E-state index in [1.165, 1.54) is 11.1 Å². The topological polar surface area (TPSA) is 81.1 Å². The third-order valence-electron chi connectivity index (χ3n) is 5.83. The van der Waals surface area contributed by atoms with Crippen LogP contribution >= 0.6 is 0 Å². The van der Waals surface area contributed by atoms with Gasteiger partial charge < -0.3 is 15.4 Å². The molecule has 5 rings (SSSR count). The maximum atomic E-state index is 11.4. The lowest BCUT2D eigenvalue weighted by atomic mass is 9.75. The Labute approximate surface area is 151 Å². The average Bonchev–Trinajstić information content (AvgIpc) is 3.23. The van der Waals surface area contributed by atoms with E-state index in [1.807, 2.05) is 36.8 Å². The minimum Gasteiger partial charge on any atom is -0.388 e. The third kappa shape index (κ3) is 2.07. The first-order chi connectivity index (χ1) is 12.6. The van der Waals surface area contributed by atoms with Gasteiger partial charge in [-0.05, 0) is 41.7 Å². The second-order valence-corrected chi connectivity index (χ2v) is 7.14. The van der Waals surface area contributed by atoms with Crippen LogP contribution in [-0.4, -0.2) is 20.6 Å². The number of aliphatic hydroxyl groups is 1. The van der Waals surface area contributed by atoms with Crippen molar-refractivity contribution >= 4 is 5.91 Å². The highest BCUT2D eigenvalue weighted by molar-refractivity contribution is 5.93. The molecular formula is C21H19N3O2. The molecule has 0 saturated heterocycles. The zero-order valence-electron chi connectivity index (χ0n) is 14.2. The summed E-state index contributed by atoms with van der Waals surface area (Å²) in [5, 5.41) is 11.1. The molecule has 0 unspecified atom stereocenters. The second kappa shape index (κ2) is 5.54. The van der Waals surface area contributed by atoms with Crippen LogP contribution in [0.4, 0.5) is 0 Å². The fourth-order valence-electron chi connectivity index (χ4n) is 4.62. The Morgan fingerprint density at radius 3 is 2.88 bits per heavy atom. The molecule has 0 radical (unpaired) electrons. The van der Waals surface area contributed by atoms with Crippen LogP contribution in [0.5, 0.6) is 0 Å². The number of hydrogen-bond acceptors (Lipinski definition) is 3. The molecule has 2 aromatic carbocycles. The molecule has 0 saturated carbocycles. The van der Waals surface area contributed by atoms with Crippen LogP contribution < -0.4 is 5.73 Å². The smallest absolute Gasteiger partial charge is 0.248 e. The monoisotopic (exact) mass is 345 g/mol. The Hall–Kier alpha value is -2.92. The van der Waals surface area contributed by atoms with Crippen LogP contribution in [0.2, 0.25) is 0 Å². The van der Waals surface area contributed by atoms with Crippen molar-refractivity contribution < 1.29 is 9.90 Å². The van der Waals surface area contributed by atoms with Crippen LogP contribution in [0.1, 0.15) is 45.6 Å². The minimum atomic E-state index is -0.591. The molecule has 0 fully saturated rings. The number of nitrogens with zero attached hydrogens (tertiary/aromatic N) is 2. The number of carbonyl (C=O) groups excluding carboxylic acids is 1. The van der Waals surface area contributed by atoms with Crippen molar-refractivity contribution in [1.82, 2.24) is 9.55 Å². The first kappa shape index (κ1) is 15.3. The third-order valence-corrected chi connectivity index (χ3v) is 5.83. The largest absolute Gasteiger partial charge is 0.388 e. The minimum absolute atomic E-state index is 0.0542. The summed E-state index contributed by atoms with van der Waals surface area (Å²) in [5.41, 5.74) is 11.3. The molecule has 1 aromatic heterocycles. The number of aryl methyl sites for hydroxylation is 1. The fraction of sp³-hybridized carbons (Fsp3) is 0.238.